The monoisotopic (exact) mass is 489 g/mol. The zero-order valence-corrected chi connectivity index (χ0v) is 19.7. The number of aryl methyl sites for hydroxylation is 1. The van der Waals surface area contributed by atoms with Crippen LogP contribution in [-0.4, -0.2) is 67.9 Å². The molecule has 0 atom stereocenters. The number of benzene rings is 1. The highest BCUT2D eigenvalue weighted by Gasteiger charge is 2.32. The number of nitro groups is 1. The summed E-state index contributed by atoms with van der Waals surface area (Å²) < 4.78 is 32.3. The molecule has 1 aromatic heterocycles. The fourth-order valence-corrected chi connectivity index (χ4v) is 5.59. The van der Waals surface area contributed by atoms with Gasteiger partial charge in [-0.3, -0.25) is 14.9 Å². The topological polar surface area (TPSA) is 135 Å². The number of amides is 1. The first-order valence-corrected chi connectivity index (χ1v) is 12.5. The third kappa shape index (κ3) is 5.18. The molecule has 2 aliphatic rings. The van der Waals surface area contributed by atoms with Gasteiger partial charge in [0.2, 0.25) is 15.9 Å². The van der Waals surface area contributed by atoms with Crippen LogP contribution in [0.1, 0.15) is 18.4 Å². The highest BCUT2D eigenvalue weighted by atomic mass is 32.2. The normalized spacial score (nSPS) is 18.0. The summed E-state index contributed by atoms with van der Waals surface area (Å²) in [6.07, 6.45) is 2.71. The third-order valence-electron chi connectivity index (χ3n) is 6.12. The lowest BCUT2D eigenvalue weighted by Gasteiger charge is -2.32. The average Bonchev–Trinajstić information content (AvgIpc) is 2.85. The highest BCUT2D eigenvalue weighted by molar-refractivity contribution is 7.89. The van der Waals surface area contributed by atoms with Crippen LogP contribution in [-0.2, 0) is 19.6 Å². The highest BCUT2D eigenvalue weighted by Crippen LogP contribution is 2.34. The first-order valence-electron chi connectivity index (χ1n) is 11.1. The van der Waals surface area contributed by atoms with Crippen LogP contribution in [0.5, 0.6) is 0 Å². The smallest absolute Gasteiger partial charge is 0.293 e. The van der Waals surface area contributed by atoms with Gasteiger partial charge in [0.05, 0.1) is 23.0 Å². The standard InChI is InChI=1S/C22H27N5O6S/c1-16-2-5-21(23-15-16)24-22(28)17-6-8-25(9-7-17)19-4-3-18(14-20(19)27(29)30)34(31,32)26-10-12-33-13-11-26/h2-5,14-15,17H,6-13H2,1H3,(H,23,24,28). The van der Waals surface area contributed by atoms with E-state index >= 15 is 0 Å². The summed E-state index contributed by atoms with van der Waals surface area (Å²) >= 11 is 0. The molecule has 0 bridgehead atoms. The molecule has 1 amide bonds. The van der Waals surface area contributed by atoms with E-state index in [2.05, 4.69) is 10.3 Å². The molecule has 0 radical (unpaired) electrons. The Morgan fingerprint density at radius 1 is 1.15 bits per heavy atom. The van der Waals surface area contributed by atoms with Crippen LogP contribution in [0.3, 0.4) is 0 Å². The van der Waals surface area contributed by atoms with Crippen LogP contribution in [0.2, 0.25) is 0 Å². The Bertz CT molecular complexity index is 1160. The van der Waals surface area contributed by atoms with E-state index in [0.717, 1.165) is 11.6 Å². The number of carbonyl (C=O) groups is 1. The Labute approximate surface area is 197 Å². The Hall–Kier alpha value is -3.09. The summed E-state index contributed by atoms with van der Waals surface area (Å²) in [6.45, 7) is 3.81. The Balaban J connectivity index is 1.45. The third-order valence-corrected chi connectivity index (χ3v) is 8.02. The van der Waals surface area contributed by atoms with Crippen LogP contribution in [0.15, 0.2) is 41.4 Å². The Morgan fingerprint density at radius 2 is 1.85 bits per heavy atom. The molecule has 182 valence electrons. The van der Waals surface area contributed by atoms with Crippen molar-refractivity contribution in [2.24, 2.45) is 5.92 Å². The molecule has 0 saturated carbocycles. The molecule has 4 rings (SSSR count). The van der Waals surface area contributed by atoms with Crippen molar-refractivity contribution in [3.63, 3.8) is 0 Å². The van der Waals surface area contributed by atoms with Crippen LogP contribution < -0.4 is 10.2 Å². The number of nitrogens with one attached hydrogen (secondary N) is 1. The van der Waals surface area contributed by atoms with Crippen molar-refractivity contribution in [2.75, 3.05) is 49.6 Å². The molecule has 3 heterocycles. The van der Waals surface area contributed by atoms with Crippen LogP contribution in [0, 0.1) is 23.0 Å². The Morgan fingerprint density at radius 3 is 2.47 bits per heavy atom. The van der Waals surface area contributed by atoms with E-state index in [4.69, 9.17) is 4.74 Å². The zero-order valence-electron chi connectivity index (χ0n) is 18.8. The molecule has 2 fully saturated rings. The van der Waals surface area contributed by atoms with Crippen molar-refractivity contribution in [3.05, 3.63) is 52.2 Å². The molecule has 2 saturated heterocycles. The van der Waals surface area contributed by atoms with E-state index in [1.807, 2.05) is 17.9 Å². The molecule has 0 aliphatic carbocycles. The van der Waals surface area contributed by atoms with Gasteiger partial charge in [0.25, 0.3) is 5.69 Å². The summed E-state index contributed by atoms with van der Waals surface area (Å²) in [6, 6.07) is 7.64. The van der Waals surface area contributed by atoms with E-state index in [1.165, 1.54) is 16.4 Å². The van der Waals surface area contributed by atoms with Gasteiger partial charge in [0.1, 0.15) is 11.5 Å². The van der Waals surface area contributed by atoms with E-state index in [0.29, 0.717) is 50.7 Å². The molecular formula is C22H27N5O6S. The average molecular weight is 490 g/mol. The summed E-state index contributed by atoms with van der Waals surface area (Å²) in [7, 11) is -3.85. The number of morpholine rings is 1. The summed E-state index contributed by atoms with van der Waals surface area (Å²) in [5.41, 5.74) is 1.09. The minimum atomic E-state index is -3.85. The molecule has 11 nitrogen and oxygen atoms in total. The van der Waals surface area contributed by atoms with Gasteiger partial charge in [-0.05, 0) is 43.5 Å². The van der Waals surface area contributed by atoms with Gasteiger partial charge in [0.15, 0.2) is 0 Å². The van der Waals surface area contributed by atoms with E-state index < -0.39 is 14.9 Å². The molecular weight excluding hydrogens is 462 g/mol. The second-order valence-electron chi connectivity index (χ2n) is 8.40. The second kappa shape index (κ2) is 10.0. The molecule has 1 N–H and O–H groups in total. The van der Waals surface area contributed by atoms with Crippen LogP contribution in [0.25, 0.3) is 0 Å². The summed E-state index contributed by atoms with van der Waals surface area (Å²) in [4.78, 5) is 29.8. The number of sulfonamides is 1. The lowest BCUT2D eigenvalue weighted by Crippen LogP contribution is -2.40. The second-order valence-corrected chi connectivity index (χ2v) is 10.3. The van der Waals surface area contributed by atoms with Gasteiger partial charge < -0.3 is 15.0 Å². The lowest BCUT2D eigenvalue weighted by atomic mass is 9.95. The van der Waals surface area contributed by atoms with Gasteiger partial charge in [-0.2, -0.15) is 4.31 Å². The predicted molar refractivity (Wildman–Crippen MR) is 125 cm³/mol. The number of hydrogen-bond acceptors (Lipinski definition) is 8. The summed E-state index contributed by atoms with van der Waals surface area (Å²) in [5.74, 6) is 0.127. The van der Waals surface area contributed by atoms with Gasteiger partial charge in [-0.25, -0.2) is 13.4 Å². The van der Waals surface area contributed by atoms with E-state index in [1.54, 1.807) is 12.3 Å². The number of nitro benzene ring substituents is 1. The maximum Gasteiger partial charge on any atom is 0.293 e. The van der Waals surface area contributed by atoms with Crippen molar-refractivity contribution >= 4 is 33.1 Å². The molecule has 12 heteroatoms. The van der Waals surface area contributed by atoms with Crippen molar-refractivity contribution < 1.29 is 22.9 Å². The number of carbonyl (C=O) groups excluding carboxylic acids is 1. The van der Waals surface area contributed by atoms with E-state index in [9.17, 15) is 23.3 Å². The first kappa shape index (κ1) is 24.0. The van der Waals surface area contributed by atoms with Crippen molar-refractivity contribution in [1.29, 1.82) is 0 Å². The van der Waals surface area contributed by atoms with Crippen LogP contribution in [0.4, 0.5) is 17.2 Å². The van der Waals surface area contributed by atoms with Gasteiger partial charge in [-0.15, -0.1) is 0 Å². The number of pyridine rings is 1. The number of rotatable bonds is 6. The maximum atomic E-state index is 12.9. The van der Waals surface area contributed by atoms with Crippen LogP contribution >= 0.6 is 0 Å². The number of hydrogen-bond donors (Lipinski definition) is 1. The van der Waals surface area contributed by atoms with Crippen molar-refractivity contribution in [1.82, 2.24) is 9.29 Å². The Kier molecular flexibility index (Phi) is 7.10. The zero-order chi connectivity index (χ0) is 24.3. The molecule has 0 unspecified atom stereocenters. The SMILES string of the molecule is Cc1ccc(NC(=O)C2CCN(c3ccc(S(=O)(=O)N4CCOCC4)cc3[N+](=O)[O-])CC2)nc1. The number of piperidine rings is 1. The van der Waals surface area contributed by atoms with E-state index in [-0.39, 0.29) is 35.5 Å². The minimum absolute atomic E-state index is 0.107. The van der Waals surface area contributed by atoms with Crippen molar-refractivity contribution in [2.45, 2.75) is 24.7 Å². The maximum absolute atomic E-state index is 12.9. The number of anilines is 2. The fourth-order valence-electron chi connectivity index (χ4n) is 4.17. The minimum Gasteiger partial charge on any atom is -0.379 e. The van der Waals surface area contributed by atoms with Gasteiger partial charge in [-0.1, -0.05) is 6.07 Å². The summed E-state index contributed by atoms with van der Waals surface area (Å²) in [5, 5.41) is 14.6. The van der Waals surface area contributed by atoms with Crippen molar-refractivity contribution in [3.8, 4) is 0 Å². The predicted octanol–water partition coefficient (Wildman–Crippen LogP) is 2.17. The van der Waals surface area contributed by atoms with Gasteiger partial charge in [0, 0.05) is 44.4 Å². The number of ether oxygens (including phenoxy) is 1. The lowest BCUT2D eigenvalue weighted by molar-refractivity contribution is -0.384. The molecule has 2 aromatic rings. The largest absolute Gasteiger partial charge is 0.379 e. The number of nitrogens with zero attached hydrogens (tertiary/aromatic N) is 4. The molecule has 0 spiro atoms. The number of aromatic nitrogens is 1. The quantitative estimate of drug-likeness (QED) is 0.482. The fraction of sp³-hybridized carbons (Fsp3) is 0.455. The molecule has 1 aromatic carbocycles. The molecule has 2 aliphatic heterocycles. The first-order chi connectivity index (χ1) is 16.3. The van der Waals surface area contributed by atoms with Gasteiger partial charge >= 0.3 is 0 Å². The molecule has 34 heavy (non-hydrogen) atoms.